The second kappa shape index (κ2) is 125. The van der Waals surface area contributed by atoms with Gasteiger partial charge in [-0.05, 0) is 285 Å². The van der Waals surface area contributed by atoms with Gasteiger partial charge in [-0.1, -0.05) is 158 Å². The maximum absolute atomic E-state index is 5.55. The predicted molar refractivity (Wildman–Crippen MR) is 551 cm³/mol. The molecular formula is C96H231N27. The van der Waals surface area contributed by atoms with E-state index >= 15 is 0 Å². The summed E-state index contributed by atoms with van der Waals surface area (Å²) in [6, 6.07) is 0. The SMILES string of the molecule is C1CCNCC1.CCCCCCN.CCCCCCN1CCN(CCN)CC1.CCCCCCNCCCCCN.CCCN(CCN)CCN.CCCN1CCN(CCN)CC1.CCCNCCCCCNCCCCCN.CCCNCCN(CCN)CCN.CCCNCCNCCN.NCCCCCN1CCCCC1.NCCN1CCCCC1. The minimum absolute atomic E-state index is 0.716. The van der Waals surface area contributed by atoms with Crippen molar-refractivity contribution < 1.29 is 0 Å². The van der Waals surface area contributed by atoms with Crippen LogP contribution in [0.25, 0.3) is 0 Å². The van der Waals surface area contributed by atoms with Crippen molar-refractivity contribution in [3.05, 3.63) is 0 Å². The van der Waals surface area contributed by atoms with E-state index in [2.05, 4.69) is 132 Å². The lowest BCUT2D eigenvalue weighted by atomic mass is 10.1. The monoisotopic (exact) mass is 1760 g/mol. The summed E-state index contributed by atoms with van der Waals surface area (Å²) in [4.78, 5) is 19.7. The highest BCUT2D eigenvalue weighted by molar-refractivity contribution is 4.74. The Morgan fingerprint density at radius 2 is 0.463 bits per heavy atom. The summed E-state index contributed by atoms with van der Waals surface area (Å²) in [7, 11) is 0. The van der Waals surface area contributed by atoms with Crippen LogP contribution in [0, 0.1) is 0 Å². The number of nitrogens with zero attached hydrogens (tertiary/aromatic N) is 8. The molecule has 31 N–H and O–H groups in total. The second-order valence-electron chi connectivity index (χ2n) is 34.1. The molecule has 5 heterocycles. The van der Waals surface area contributed by atoms with Crippen LogP contribution in [-0.4, -0.2) is 366 Å². The highest BCUT2D eigenvalue weighted by Crippen LogP contribution is 2.11. The van der Waals surface area contributed by atoms with Gasteiger partial charge in [0.25, 0.3) is 0 Å². The summed E-state index contributed by atoms with van der Waals surface area (Å²) in [5, 5.41) is 23.5. The van der Waals surface area contributed by atoms with E-state index < -0.39 is 0 Å². The van der Waals surface area contributed by atoms with Gasteiger partial charge in [0, 0.05) is 183 Å². The lowest BCUT2D eigenvalue weighted by Gasteiger charge is -2.34. The van der Waals surface area contributed by atoms with E-state index in [9.17, 15) is 0 Å². The Balaban J connectivity index is -0.000000309. The maximum atomic E-state index is 5.55. The fourth-order valence-corrected chi connectivity index (χ4v) is 14.5. The Kier molecular flexibility index (Phi) is 135. The molecule has 0 radical (unpaired) electrons. The molecule has 0 atom stereocenters. The third-order valence-corrected chi connectivity index (χ3v) is 22.0. The molecular weight excluding hydrogens is 1530 g/mol. The predicted octanol–water partition coefficient (Wildman–Crippen LogP) is 7.95. The number of nitrogens with one attached hydrogen (secondary N) is 7. The molecule has 0 bridgehead atoms. The fraction of sp³-hybridized carbons (Fsp3) is 1.00. The lowest BCUT2D eigenvalue weighted by molar-refractivity contribution is 0.133. The molecule has 0 aliphatic carbocycles. The van der Waals surface area contributed by atoms with Crippen molar-refractivity contribution in [2.24, 2.45) is 68.8 Å². The minimum atomic E-state index is 0.716. The van der Waals surface area contributed by atoms with Gasteiger partial charge in [-0.25, -0.2) is 0 Å². The topological polar surface area (TPSA) is 422 Å². The Bertz CT molecular complexity index is 1610. The first kappa shape index (κ1) is 133. The average molecular weight is 1760 g/mol. The highest BCUT2D eigenvalue weighted by atomic mass is 15.3. The van der Waals surface area contributed by atoms with Crippen molar-refractivity contribution in [3.63, 3.8) is 0 Å². The zero-order chi connectivity index (χ0) is 91.8. The number of nitrogens with two attached hydrogens (primary N) is 12. The van der Waals surface area contributed by atoms with Gasteiger partial charge in [0.05, 0.1) is 0 Å². The van der Waals surface area contributed by atoms with Crippen molar-refractivity contribution in [1.29, 1.82) is 0 Å². The Labute approximate surface area is 767 Å². The van der Waals surface area contributed by atoms with Crippen molar-refractivity contribution in [2.75, 3.05) is 327 Å². The van der Waals surface area contributed by atoms with E-state index in [1.165, 1.54) is 388 Å². The van der Waals surface area contributed by atoms with Crippen LogP contribution in [0.1, 0.15) is 299 Å². The molecule has 0 aromatic rings. The molecule has 0 unspecified atom stereocenters. The molecule has 5 saturated heterocycles. The van der Waals surface area contributed by atoms with Crippen molar-refractivity contribution in [3.8, 4) is 0 Å². The number of hydrogen-bond donors (Lipinski definition) is 19. The first-order valence-electron chi connectivity index (χ1n) is 52.6. The number of unbranched alkanes of at least 4 members (excludes halogenated alkanes) is 17. The molecule has 0 aromatic heterocycles. The third kappa shape index (κ3) is 119. The maximum Gasteiger partial charge on any atom is 0.0110 e. The van der Waals surface area contributed by atoms with E-state index in [-0.39, 0.29) is 0 Å². The summed E-state index contributed by atoms with van der Waals surface area (Å²) in [5.41, 5.74) is 65.1. The van der Waals surface area contributed by atoms with Crippen LogP contribution < -0.4 is 106 Å². The molecule has 0 saturated carbocycles. The first-order valence-corrected chi connectivity index (χ1v) is 52.6. The van der Waals surface area contributed by atoms with Crippen LogP contribution in [0.15, 0.2) is 0 Å². The number of hydrogen-bond acceptors (Lipinski definition) is 27. The van der Waals surface area contributed by atoms with Gasteiger partial charge in [-0.3, -0.25) is 14.7 Å². The molecule has 123 heavy (non-hydrogen) atoms. The van der Waals surface area contributed by atoms with Crippen molar-refractivity contribution >= 4 is 0 Å². The molecule has 5 rings (SSSR count). The number of likely N-dealkylation sites (tertiary alicyclic amines) is 2. The summed E-state index contributed by atoms with van der Waals surface area (Å²) >= 11 is 0. The van der Waals surface area contributed by atoms with Gasteiger partial charge >= 0.3 is 0 Å². The Morgan fingerprint density at radius 1 is 0.187 bits per heavy atom. The zero-order valence-corrected chi connectivity index (χ0v) is 84.2. The lowest BCUT2D eigenvalue weighted by Crippen LogP contribution is -2.47. The van der Waals surface area contributed by atoms with E-state index in [4.69, 9.17) is 68.8 Å². The van der Waals surface area contributed by atoms with E-state index in [1.807, 2.05) is 0 Å². The molecule has 0 spiro atoms. The summed E-state index contributed by atoms with van der Waals surface area (Å²) in [6.07, 6.45) is 50.1. The normalized spacial score (nSPS) is 15.2. The van der Waals surface area contributed by atoms with E-state index in [1.54, 1.807) is 0 Å². The Morgan fingerprint density at radius 3 is 0.772 bits per heavy atom. The van der Waals surface area contributed by atoms with Crippen LogP contribution in [0.2, 0.25) is 0 Å². The standard InChI is InChI=1S/C13H31N3.C12H27N3.C11H26N2.C10H22N2.C9H24N4.C9H21N3.2C7H19N3.C7H16N2.C6H15N.C5H11N/c1-2-10-15-11-7-4-8-13-16-12-6-3-5-9-14;1-2-3-4-5-7-14-9-11-15(8-6-13)12-10-14;1-2-3-4-7-10-13-11-8-5-6-9-12;11-7-3-1-4-8-12-9-5-2-6-10-12;1-2-5-12-6-9-13(7-3-10)8-4-11;1-2-4-11-6-8-12(5-3-10)9-7-11;1-2-5-10(6-3-8)7-4-9;1-2-4-9-6-7-10-5-3-8;8-4-7-9-5-2-1-3-6-9;1-2-3-4-5-6-7;1-2-4-6-5-3-1/h15-16H,2-14H2,1H3;2-13H2,1H3;13H,2-12H2,1H3;1-11H2;12H,2-11H2,1H3;2-10H2,1H3;2-9H2,1H3;9-10H,2-8H2,1H3;1-8H2;2-7H2,1H3;6H,1-5H2. The van der Waals surface area contributed by atoms with Gasteiger partial charge < -0.3 is 131 Å². The van der Waals surface area contributed by atoms with Gasteiger partial charge in [0.15, 0.2) is 0 Å². The van der Waals surface area contributed by atoms with Crippen LogP contribution in [0.4, 0.5) is 0 Å². The summed E-state index contributed by atoms with van der Waals surface area (Å²) in [5.74, 6) is 0. The minimum Gasteiger partial charge on any atom is -0.330 e. The largest absolute Gasteiger partial charge is 0.330 e. The molecule has 0 amide bonds. The van der Waals surface area contributed by atoms with Gasteiger partial charge in [0.2, 0.25) is 0 Å². The number of piperidine rings is 3. The third-order valence-electron chi connectivity index (χ3n) is 22.0. The summed E-state index contributed by atoms with van der Waals surface area (Å²) < 4.78 is 0. The molecule has 27 heteroatoms. The molecule has 5 aliphatic heterocycles. The summed E-state index contributed by atoms with van der Waals surface area (Å²) in [6.45, 7) is 71.1. The molecule has 27 nitrogen and oxygen atoms in total. The zero-order valence-electron chi connectivity index (χ0n) is 84.2. The molecule has 5 fully saturated rings. The van der Waals surface area contributed by atoms with E-state index in [0.29, 0.717) is 13.1 Å². The quantitative estimate of drug-likeness (QED) is 0.0257. The fourth-order valence-electron chi connectivity index (χ4n) is 14.5. The van der Waals surface area contributed by atoms with E-state index in [0.717, 1.165) is 170 Å². The Hall–Kier alpha value is -1.08. The van der Waals surface area contributed by atoms with Crippen molar-refractivity contribution in [2.45, 2.75) is 299 Å². The van der Waals surface area contributed by atoms with Crippen molar-refractivity contribution in [1.82, 2.24) is 76.4 Å². The van der Waals surface area contributed by atoms with Crippen LogP contribution in [-0.2, 0) is 0 Å². The average Bonchev–Trinajstić information content (AvgIpc) is 0.921. The van der Waals surface area contributed by atoms with Crippen LogP contribution in [0.3, 0.4) is 0 Å². The number of piperazine rings is 2. The van der Waals surface area contributed by atoms with Crippen LogP contribution >= 0.6 is 0 Å². The first-order chi connectivity index (χ1) is 60.4. The van der Waals surface area contributed by atoms with Gasteiger partial charge in [0.1, 0.15) is 0 Å². The molecule has 750 valence electrons. The van der Waals surface area contributed by atoms with Gasteiger partial charge in [-0.15, -0.1) is 0 Å². The number of rotatable bonds is 67. The van der Waals surface area contributed by atoms with Gasteiger partial charge in [-0.2, -0.15) is 0 Å². The molecule has 0 aromatic carbocycles. The highest BCUT2D eigenvalue weighted by Gasteiger charge is 2.17. The smallest absolute Gasteiger partial charge is 0.0110 e. The molecule has 5 aliphatic rings. The second-order valence-corrected chi connectivity index (χ2v) is 34.1. The van der Waals surface area contributed by atoms with Crippen LogP contribution in [0.5, 0.6) is 0 Å².